The zero-order valence-electron chi connectivity index (χ0n) is 12.0. The summed E-state index contributed by atoms with van der Waals surface area (Å²) in [5.74, 6) is -0.297. The average Bonchev–Trinajstić information content (AvgIpc) is 2.95. The number of carbonyl (C=O) groups is 1. The number of fused-ring (bicyclic) bond motifs is 1. The molecule has 5 heteroatoms. The molecule has 1 aliphatic heterocycles. The molecule has 2 heterocycles. The first kappa shape index (κ1) is 14.1. The van der Waals surface area contributed by atoms with E-state index >= 15 is 0 Å². The number of hydrogen-bond acceptors (Lipinski definition) is 5. The third-order valence-corrected chi connectivity index (χ3v) is 4.64. The molecule has 0 saturated carbocycles. The molecule has 0 amide bonds. The van der Waals surface area contributed by atoms with Gasteiger partial charge in [-0.25, -0.2) is 4.79 Å². The molecule has 1 aromatic carbocycles. The number of nitrogens with zero attached hydrogens (tertiary/aromatic N) is 1. The molecule has 0 fully saturated rings. The maximum absolute atomic E-state index is 12.0. The highest BCUT2D eigenvalue weighted by Crippen LogP contribution is 2.38. The first-order valence-corrected chi connectivity index (χ1v) is 7.84. The Bertz CT molecular complexity index is 652. The lowest BCUT2D eigenvalue weighted by molar-refractivity contribution is 0.0526. The first-order chi connectivity index (χ1) is 10.2. The minimum atomic E-state index is -0.297. The van der Waals surface area contributed by atoms with E-state index in [4.69, 9.17) is 10.5 Å². The van der Waals surface area contributed by atoms with Crippen molar-refractivity contribution in [3.63, 3.8) is 0 Å². The van der Waals surface area contributed by atoms with Gasteiger partial charge in [-0.15, -0.1) is 11.3 Å². The van der Waals surface area contributed by atoms with E-state index in [0.29, 0.717) is 17.2 Å². The second-order valence-corrected chi connectivity index (χ2v) is 6.23. The van der Waals surface area contributed by atoms with Crippen molar-refractivity contribution in [2.45, 2.75) is 26.6 Å². The number of ether oxygens (including phenoxy) is 1. The fourth-order valence-corrected chi connectivity index (χ4v) is 3.80. The molecule has 3 rings (SSSR count). The van der Waals surface area contributed by atoms with Gasteiger partial charge < -0.3 is 10.5 Å². The predicted octanol–water partition coefficient (Wildman–Crippen LogP) is 3.02. The summed E-state index contributed by atoms with van der Waals surface area (Å²) in [4.78, 5) is 15.5. The van der Waals surface area contributed by atoms with E-state index in [1.165, 1.54) is 21.8 Å². The van der Waals surface area contributed by atoms with Gasteiger partial charge in [-0.1, -0.05) is 30.3 Å². The summed E-state index contributed by atoms with van der Waals surface area (Å²) in [6.07, 6.45) is 0. The maximum atomic E-state index is 12.0. The molecule has 0 aliphatic carbocycles. The Morgan fingerprint density at radius 2 is 2.10 bits per heavy atom. The van der Waals surface area contributed by atoms with Gasteiger partial charge in [0.05, 0.1) is 12.2 Å². The van der Waals surface area contributed by atoms with E-state index in [-0.39, 0.29) is 5.97 Å². The normalized spacial score (nSPS) is 14.1. The lowest BCUT2D eigenvalue weighted by Gasteiger charge is -2.15. The van der Waals surface area contributed by atoms with E-state index in [1.54, 1.807) is 0 Å². The number of nitrogens with two attached hydrogens (primary N) is 1. The van der Waals surface area contributed by atoms with Gasteiger partial charge >= 0.3 is 5.97 Å². The second kappa shape index (κ2) is 5.87. The molecule has 4 nitrogen and oxygen atoms in total. The molecule has 1 aromatic heterocycles. The molecule has 0 atom stereocenters. The number of thiophene rings is 1. The molecule has 0 spiro atoms. The molecule has 0 bridgehead atoms. The Kier molecular flexibility index (Phi) is 3.94. The summed E-state index contributed by atoms with van der Waals surface area (Å²) in [5.41, 5.74) is 8.88. The van der Waals surface area contributed by atoms with Crippen LogP contribution in [0.4, 0.5) is 5.00 Å². The Labute approximate surface area is 128 Å². The van der Waals surface area contributed by atoms with Gasteiger partial charge in [-0.05, 0) is 18.1 Å². The number of nitrogen functional groups attached to an aromatic ring is 1. The van der Waals surface area contributed by atoms with Gasteiger partial charge in [0.1, 0.15) is 5.00 Å². The third-order valence-electron chi connectivity index (χ3n) is 3.60. The number of carbonyl (C=O) groups excluding carboxylic acids is 1. The fourth-order valence-electron chi connectivity index (χ4n) is 2.69. The van der Waals surface area contributed by atoms with Gasteiger partial charge in [0, 0.05) is 24.5 Å². The third kappa shape index (κ3) is 2.80. The standard InChI is InChI=1S/C16H18N2O2S/c1-2-20-16(19)14-12-9-18(10-13(12)21-15(14)17)8-11-6-4-3-5-7-11/h3-7H,2,8-10,17H2,1H3. The van der Waals surface area contributed by atoms with Crippen LogP contribution in [-0.2, 0) is 24.4 Å². The Hall–Kier alpha value is -1.85. The summed E-state index contributed by atoms with van der Waals surface area (Å²) in [6.45, 7) is 4.66. The van der Waals surface area contributed by atoms with Crippen molar-refractivity contribution in [2.24, 2.45) is 0 Å². The van der Waals surface area contributed by atoms with Gasteiger partial charge in [0.15, 0.2) is 0 Å². The fraction of sp³-hybridized carbons (Fsp3) is 0.312. The van der Waals surface area contributed by atoms with Crippen LogP contribution < -0.4 is 5.73 Å². The summed E-state index contributed by atoms with van der Waals surface area (Å²) in [7, 11) is 0. The molecule has 21 heavy (non-hydrogen) atoms. The van der Waals surface area contributed by atoms with Crippen LogP contribution in [0.25, 0.3) is 0 Å². The quantitative estimate of drug-likeness (QED) is 0.882. The molecule has 0 radical (unpaired) electrons. The summed E-state index contributed by atoms with van der Waals surface area (Å²) < 4.78 is 5.12. The van der Waals surface area contributed by atoms with E-state index in [2.05, 4.69) is 17.0 Å². The molecular formula is C16H18N2O2S. The van der Waals surface area contributed by atoms with Crippen LogP contribution in [0.1, 0.15) is 33.3 Å². The van der Waals surface area contributed by atoms with Crippen molar-refractivity contribution in [1.82, 2.24) is 4.90 Å². The predicted molar refractivity (Wildman–Crippen MR) is 84.1 cm³/mol. The van der Waals surface area contributed by atoms with Crippen molar-refractivity contribution in [3.05, 3.63) is 51.9 Å². The summed E-state index contributed by atoms with van der Waals surface area (Å²) in [6, 6.07) is 10.3. The lowest BCUT2D eigenvalue weighted by atomic mass is 10.1. The molecule has 0 unspecified atom stereocenters. The van der Waals surface area contributed by atoms with Crippen LogP contribution in [0.15, 0.2) is 30.3 Å². The van der Waals surface area contributed by atoms with Gasteiger partial charge in [0.25, 0.3) is 0 Å². The van der Waals surface area contributed by atoms with Gasteiger partial charge in [-0.2, -0.15) is 0 Å². The lowest BCUT2D eigenvalue weighted by Crippen LogP contribution is -2.17. The minimum Gasteiger partial charge on any atom is -0.462 e. The Morgan fingerprint density at radius 1 is 1.33 bits per heavy atom. The highest BCUT2D eigenvalue weighted by molar-refractivity contribution is 7.16. The van der Waals surface area contributed by atoms with Crippen LogP contribution in [-0.4, -0.2) is 17.5 Å². The first-order valence-electron chi connectivity index (χ1n) is 7.02. The number of esters is 1. The molecular weight excluding hydrogens is 284 g/mol. The van der Waals surface area contributed by atoms with E-state index in [9.17, 15) is 4.79 Å². The van der Waals surface area contributed by atoms with Crippen LogP contribution in [0, 0.1) is 0 Å². The van der Waals surface area contributed by atoms with Crippen LogP contribution in [0.3, 0.4) is 0 Å². The molecule has 0 saturated heterocycles. The average molecular weight is 302 g/mol. The molecule has 2 aromatic rings. The highest BCUT2D eigenvalue weighted by Gasteiger charge is 2.30. The summed E-state index contributed by atoms with van der Waals surface area (Å²) >= 11 is 1.51. The SMILES string of the molecule is CCOC(=O)c1c(N)sc2c1CN(Cc1ccccc1)C2. The Morgan fingerprint density at radius 3 is 2.81 bits per heavy atom. The maximum Gasteiger partial charge on any atom is 0.341 e. The number of benzene rings is 1. The topological polar surface area (TPSA) is 55.6 Å². The largest absolute Gasteiger partial charge is 0.462 e. The van der Waals surface area contributed by atoms with Gasteiger partial charge in [0.2, 0.25) is 0 Å². The zero-order valence-corrected chi connectivity index (χ0v) is 12.8. The van der Waals surface area contributed by atoms with Crippen LogP contribution in [0.5, 0.6) is 0 Å². The van der Waals surface area contributed by atoms with E-state index in [1.807, 2.05) is 25.1 Å². The Balaban J connectivity index is 1.77. The van der Waals surface area contributed by atoms with Crippen molar-refractivity contribution >= 4 is 22.3 Å². The smallest absolute Gasteiger partial charge is 0.341 e. The molecule has 110 valence electrons. The number of hydrogen-bond donors (Lipinski definition) is 1. The zero-order chi connectivity index (χ0) is 14.8. The van der Waals surface area contributed by atoms with Crippen molar-refractivity contribution in [2.75, 3.05) is 12.3 Å². The summed E-state index contributed by atoms with van der Waals surface area (Å²) in [5, 5.41) is 0.581. The molecule has 1 aliphatic rings. The second-order valence-electron chi connectivity index (χ2n) is 5.09. The molecule has 2 N–H and O–H groups in total. The number of anilines is 1. The van der Waals surface area contributed by atoms with Crippen LogP contribution in [0.2, 0.25) is 0 Å². The van der Waals surface area contributed by atoms with Gasteiger partial charge in [-0.3, -0.25) is 4.90 Å². The minimum absolute atomic E-state index is 0.297. The van der Waals surface area contributed by atoms with Crippen molar-refractivity contribution < 1.29 is 9.53 Å². The van der Waals surface area contributed by atoms with E-state index in [0.717, 1.165) is 25.2 Å². The van der Waals surface area contributed by atoms with Crippen LogP contribution >= 0.6 is 11.3 Å². The number of rotatable bonds is 4. The highest BCUT2D eigenvalue weighted by atomic mass is 32.1. The van der Waals surface area contributed by atoms with E-state index < -0.39 is 0 Å². The van der Waals surface area contributed by atoms with Crippen molar-refractivity contribution in [3.8, 4) is 0 Å². The monoisotopic (exact) mass is 302 g/mol. The van der Waals surface area contributed by atoms with Crippen molar-refractivity contribution in [1.29, 1.82) is 0 Å².